The molecule has 1 aromatic heterocycles. The predicted octanol–water partition coefficient (Wildman–Crippen LogP) is 4.23. The third-order valence-electron chi connectivity index (χ3n) is 2.96. The molecule has 0 aliphatic rings. The largest absolute Gasteiger partial charge is 0.493 e. The lowest BCUT2D eigenvalue weighted by atomic mass is 10.1. The Labute approximate surface area is 127 Å². The smallest absolute Gasteiger partial charge is 0.171 e. The summed E-state index contributed by atoms with van der Waals surface area (Å²) in [6.45, 7) is 6.08. The van der Waals surface area contributed by atoms with Crippen LogP contribution in [0.15, 0.2) is 24.3 Å². The van der Waals surface area contributed by atoms with Gasteiger partial charge >= 0.3 is 0 Å². The van der Waals surface area contributed by atoms with Gasteiger partial charge in [-0.25, -0.2) is 9.37 Å². The molecule has 0 bridgehead atoms. The molecule has 0 fully saturated rings. The molecule has 0 saturated carbocycles. The van der Waals surface area contributed by atoms with E-state index in [1.165, 1.54) is 23.5 Å². The maximum atomic E-state index is 12.8. The third-order valence-corrected chi connectivity index (χ3v) is 4.19. The molecule has 0 unspecified atom stereocenters. The number of rotatable bonds is 6. The highest BCUT2D eigenvalue weighted by molar-refractivity contribution is 7.13. The van der Waals surface area contributed by atoms with Crippen LogP contribution >= 0.6 is 11.3 Å². The summed E-state index contributed by atoms with van der Waals surface area (Å²) >= 11 is 1.43. The zero-order chi connectivity index (χ0) is 15.4. The first-order chi connectivity index (χ1) is 9.97. The molecule has 112 valence electrons. The van der Waals surface area contributed by atoms with Crippen molar-refractivity contribution in [1.29, 1.82) is 0 Å². The van der Waals surface area contributed by atoms with Crippen molar-refractivity contribution in [2.75, 3.05) is 6.61 Å². The van der Waals surface area contributed by atoms with Gasteiger partial charge in [-0.05, 0) is 30.2 Å². The minimum absolute atomic E-state index is 0.0573. The molecule has 0 aliphatic carbocycles. The lowest BCUT2D eigenvalue weighted by Gasteiger charge is -2.04. The topological polar surface area (TPSA) is 39.2 Å². The van der Waals surface area contributed by atoms with E-state index in [0.717, 1.165) is 15.6 Å². The van der Waals surface area contributed by atoms with Crippen LogP contribution in [0.3, 0.4) is 0 Å². The van der Waals surface area contributed by atoms with Gasteiger partial charge in [-0.15, -0.1) is 11.3 Å². The van der Waals surface area contributed by atoms with Gasteiger partial charge in [0.15, 0.2) is 5.78 Å². The van der Waals surface area contributed by atoms with Crippen LogP contribution in [0.1, 0.15) is 47.1 Å². The summed E-state index contributed by atoms with van der Waals surface area (Å²) in [6, 6.07) is 5.92. The monoisotopic (exact) mass is 307 g/mol. The number of hydrogen-bond donors (Lipinski definition) is 0. The van der Waals surface area contributed by atoms with Gasteiger partial charge in [0.1, 0.15) is 11.6 Å². The van der Waals surface area contributed by atoms with E-state index in [9.17, 15) is 9.18 Å². The number of benzene rings is 1. The number of nitrogens with zero attached hydrogens (tertiary/aromatic N) is 1. The quantitative estimate of drug-likeness (QED) is 0.750. The summed E-state index contributed by atoms with van der Waals surface area (Å²) in [7, 11) is 0. The lowest BCUT2D eigenvalue weighted by molar-refractivity contribution is 0.102. The molecule has 2 rings (SSSR count). The van der Waals surface area contributed by atoms with E-state index in [2.05, 4.69) is 4.98 Å². The average molecular weight is 307 g/mol. The first-order valence-electron chi connectivity index (χ1n) is 6.86. The summed E-state index contributed by atoms with van der Waals surface area (Å²) in [5, 5.41) is 0.894. The van der Waals surface area contributed by atoms with E-state index in [1.54, 1.807) is 19.1 Å². The Balaban J connectivity index is 1.98. The second-order valence-corrected chi connectivity index (χ2v) is 6.17. The molecular formula is C16H18FNO2S. The number of hydrogen-bond acceptors (Lipinski definition) is 4. The van der Waals surface area contributed by atoms with Gasteiger partial charge in [0.2, 0.25) is 0 Å². The normalized spacial score (nSPS) is 10.9. The first kappa shape index (κ1) is 15.6. The molecule has 21 heavy (non-hydrogen) atoms. The summed E-state index contributed by atoms with van der Waals surface area (Å²) < 4.78 is 18.3. The van der Waals surface area contributed by atoms with E-state index in [4.69, 9.17) is 4.74 Å². The minimum Gasteiger partial charge on any atom is -0.493 e. The van der Waals surface area contributed by atoms with Crippen LogP contribution in [0.4, 0.5) is 4.39 Å². The zero-order valence-electron chi connectivity index (χ0n) is 12.4. The van der Waals surface area contributed by atoms with E-state index >= 15 is 0 Å². The summed E-state index contributed by atoms with van der Waals surface area (Å²) in [5.74, 6) is 0.632. The highest BCUT2D eigenvalue weighted by Gasteiger charge is 2.17. The van der Waals surface area contributed by atoms with Crippen LogP contribution in [0, 0.1) is 5.82 Å². The van der Waals surface area contributed by atoms with Gasteiger partial charge < -0.3 is 4.74 Å². The summed E-state index contributed by atoms with van der Waals surface area (Å²) in [5.41, 5.74) is 0.865. The molecule has 0 amide bonds. The lowest BCUT2D eigenvalue weighted by Crippen LogP contribution is -2.01. The molecule has 0 radical (unpaired) electrons. The Morgan fingerprint density at radius 1 is 1.33 bits per heavy atom. The van der Waals surface area contributed by atoms with Gasteiger partial charge in [-0.3, -0.25) is 4.79 Å². The number of ketones is 1. The Kier molecular flexibility index (Phi) is 5.07. The van der Waals surface area contributed by atoms with E-state index < -0.39 is 0 Å². The molecular weight excluding hydrogens is 289 g/mol. The van der Waals surface area contributed by atoms with Crippen molar-refractivity contribution >= 4 is 17.1 Å². The highest BCUT2D eigenvalue weighted by atomic mass is 32.1. The van der Waals surface area contributed by atoms with E-state index in [0.29, 0.717) is 18.8 Å². The zero-order valence-corrected chi connectivity index (χ0v) is 13.2. The van der Waals surface area contributed by atoms with Crippen LogP contribution in [-0.2, 0) is 6.42 Å². The fourth-order valence-electron chi connectivity index (χ4n) is 1.92. The van der Waals surface area contributed by atoms with Crippen molar-refractivity contribution in [3.63, 3.8) is 0 Å². The molecule has 0 N–H and O–H groups in total. The van der Waals surface area contributed by atoms with Crippen molar-refractivity contribution in [3.05, 3.63) is 45.7 Å². The van der Waals surface area contributed by atoms with E-state index in [-0.39, 0.29) is 17.5 Å². The van der Waals surface area contributed by atoms with Crippen molar-refractivity contribution < 1.29 is 13.9 Å². The van der Waals surface area contributed by atoms with Crippen molar-refractivity contribution in [2.45, 2.75) is 33.1 Å². The molecule has 0 aliphatic heterocycles. The fourth-order valence-corrected chi connectivity index (χ4v) is 3.01. The fraction of sp³-hybridized carbons (Fsp3) is 0.375. The molecule has 1 heterocycles. The molecule has 3 nitrogen and oxygen atoms in total. The molecule has 0 spiro atoms. The SMILES string of the molecule is CC(=O)c1sc(CCOc2ccc(F)cc2)nc1C(C)C. The van der Waals surface area contributed by atoms with Crippen LogP contribution in [0.5, 0.6) is 5.75 Å². The van der Waals surface area contributed by atoms with Crippen molar-refractivity contribution in [3.8, 4) is 5.75 Å². The standard InChI is InChI=1S/C16H18FNO2S/c1-10(2)15-16(11(3)19)21-14(18-15)8-9-20-13-6-4-12(17)5-7-13/h4-7,10H,8-9H2,1-3H3. The van der Waals surface area contributed by atoms with E-state index in [1.807, 2.05) is 13.8 Å². The van der Waals surface area contributed by atoms with Gasteiger partial charge in [0.05, 0.1) is 22.2 Å². The van der Waals surface area contributed by atoms with Crippen molar-refractivity contribution in [2.24, 2.45) is 0 Å². The number of aromatic nitrogens is 1. The molecule has 0 saturated heterocycles. The van der Waals surface area contributed by atoms with Crippen molar-refractivity contribution in [1.82, 2.24) is 4.98 Å². The second-order valence-electron chi connectivity index (χ2n) is 5.09. The third kappa shape index (κ3) is 4.11. The van der Waals surface area contributed by atoms with Gasteiger partial charge in [0, 0.05) is 13.3 Å². The Bertz CT molecular complexity index is 620. The average Bonchev–Trinajstić information content (AvgIpc) is 2.86. The maximum Gasteiger partial charge on any atom is 0.171 e. The second kappa shape index (κ2) is 6.80. The molecule has 1 aromatic carbocycles. The number of carbonyl (C=O) groups excluding carboxylic acids is 1. The van der Waals surface area contributed by atoms with Gasteiger partial charge in [-0.1, -0.05) is 13.8 Å². The number of halogens is 1. The Morgan fingerprint density at radius 2 is 2.00 bits per heavy atom. The number of Topliss-reactive ketones (excluding diaryl/α,β-unsaturated/α-hetero) is 1. The minimum atomic E-state index is -0.282. The number of carbonyl (C=O) groups is 1. The highest BCUT2D eigenvalue weighted by Crippen LogP contribution is 2.26. The molecule has 5 heteroatoms. The maximum absolute atomic E-state index is 12.8. The Hall–Kier alpha value is -1.75. The first-order valence-corrected chi connectivity index (χ1v) is 7.68. The van der Waals surface area contributed by atoms with Crippen LogP contribution in [0.2, 0.25) is 0 Å². The van der Waals surface area contributed by atoms with Gasteiger partial charge in [-0.2, -0.15) is 0 Å². The molecule has 2 aromatic rings. The van der Waals surface area contributed by atoms with Crippen LogP contribution in [-0.4, -0.2) is 17.4 Å². The van der Waals surface area contributed by atoms with Gasteiger partial charge in [0.25, 0.3) is 0 Å². The number of ether oxygens (including phenoxy) is 1. The summed E-state index contributed by atoms with van der Waals surface area (Å²) in [4.78, 5) is 16.9. The molecule has 0 atom stereocenters. The predicted molar refractivity (Wildman–Crippen MR) is 81.8 cm³/mol. The Morgan fingerprint density at radius 3 is 2.52 bits per heavy atom. The van der Waals surface area contributed by atoms with Crippen LogP contribution in [0.25, 0.3) is 0 Å². The number of thiazole rings is 1. The summed E-state index contributed by atoms with van der Waals surface area (Å²) in [6.07, 6.45) is 0.634. The van der Waals surface area contributed by atoms with Crippen LogP contribution < -0.4 is 4.74 Å².